The minimum Gasteiger partial charge on any atom is -0.325 e. The third-order valence-corrected chi connectivity index (χ3v) is 2.27. The Morgan fingerprint density at radius 2 is 2.46 bits per heavy atom. The van der Waals surface area contributed by atoms with Gasteiger partial charge in [0.1, 0.15) is 11.9 Å². The van der Waals surface area contributed by atoms with E-state index in [0.29, 0.717) is 6.54 Å². The molecule has 4 heteroatoms. The summed E-state index contributed by atoms with van der Waals surface area (Å²) in [6, 6.07) is 3.92. The molecular weight excluding hydrogens is 232 g/mol. The lowest BCUT2D eigenvalue weighted by Crippen LogP contribution is -1.97. The van der Waals surface area contributed by atoms with Crippen molar-refractivity contribution in [3.8, 4) is 0 Å². The number of fused-ring (bicyclic) bond motifs is 1. The van der Waals surface area contributed by atoms with Crippen LogP contribution in [0.15, 0.2) is 29.0 Å². The molecule has 2 aromatic heterocycles. The molecule has 0 amide bonds. The van der Waals surface area contributed by atoms with Crippen LogP contribution in [-0.2, 0) is 11.3 Å². The Bertz CT molecular complexity index is 450. The summed E-state index contributed by atoms with van der Waals surface area (Å²) in [6.45, 7) is 0.359. The van der Waals surface area contributed by atoms with Crippen molar-refractivity contribution in [2.45, 2.75) is 6.54 Å². The Labute approximate surface area is 83.5 Å². The van der Waals surface area contributed by atoms with Crippen LogP contribution in [0, 0.1) is 0 Å². The highest BCUT2D eigenvalue weighted by molar-refractivity contribution is 9.10. The van der Waals surface area contributed by atoms with E-state index in [9.17, 15) is 4.79 Å². The number of nitrogens with zero attached hydrogens (tertiary/aromatic N) is 2. The highest BCUT2D eigenvalue weighted by atomic mass is 79.9. The monoisotopic (exact) mass is 238 g/mol. The summed E-state index contributed by atoms with van der Waals surface area (Å²) in [5.41, 5.74) is 0.843. The molecule has 0 aliphatic carbocycles. The van der Waals surface area contributed by atoms with Gasteiger partial charge in [0.2, 0.25) is 0 Å². The van der Waals surface area contributed by atoms with Gasteiger partial charge in [0.25, 0.3) is 0 Å². The van der Waals surface area contributed by atoms with E-state index in [1.54, 1.807) is 6.20 Å². The van der Waals surface area contributed by atoms with Gasteiger partial charge in [-0.15, -0.1) is 0 Å². The van der Waals surface area contributed by atoms with Crippen LogP contribution in [0.5, 0.6) is 0 Å². The Morgan fingerprint density at radius 3 is 3.23 bits per heavy atom. The number of halogens is 1. The second-order valence-electron chi connectivity index (χ2n) is 2.70. The van der Waals surface area contributed by atoms with E-state index in [2.05, 4.69) is 20.9 Å². The number of carbonyl (C=O) groups is 1. The van der Waals surface area contributed by atoms with Gasteiger partial charge >= 0.3 is 0 Å². The van der Waals surface area contributed by atoms with Crippen molar-refractivity contribution in [1.29, 1.82) is 0 Å². The van der Waals surface area contributed by atoms with E-state index in [1.807, 2.05) is 22.9 Å². The van der Waals surface area contributed by atoms with Crippen molar-refractivity contribution in [2.24, 2.45) is 0 Å². The fourth-order valence-electron chi connectivity index (χ4n) is 1.28. The van der Waals surface area contributed by atoms with Crippen LogP contribution in [0.3, 0.4) is 0 Å². The van der Waals surface area contributed by atoms with Crippen LogP contribution >= 0.6 is 15.9 Å². The zero-order valence-electron chi connectivity index (χ0n) is 6.77. The molecule has 0 bridgehead atoms. The molecule has 0 saturated carbocycles. The molecule has 0 aliphatic rings. The van der Waals surface area contributed by atoms with Gasteiger partial charge in [-0.2, -0.15) is 0 Å². The normalized spacial score (nSPS) is 10.5. The van der Waals surface area contributed by atoms with E-state index < -0.39 is 0 Å². The largest absolute Gasteiger partial charge is 0.325 e. The molecule has 0 aromatic carbocycles. The number of aromatic nitrogens is 2. The first kappa shape index (κ1) is 8.44. The second-order valence-corrected chi connectivity index (χ2v) is 3.62. The van der Waals surface area contributed by atoms with E-state index >= 15 is 0 Å². The summed E-state index contributed by atoms with van der Waals surface area (Å²) in [5.74, 6) is 0. The maximum atomic E-state index is 10.3. The Morgan fingerprint density at radius 1 is 1.62 bits per heavy atom. The van der Waals surface area contributed by atoms with E-state index in [1.165, 1.54) is 0 Å². The molecule has 66 valence electrons. The number of aldehydes is 1. The van der Waals surface area contributed by atoms with Gasteiger partial charge in [-0.25, -0.2) is 4.98 Å². The quantitative estimate of drug-likeness (QED) is 0.751. The summed E-state index contributed by atoms with van der Waals surface area (Å²) < 4.78 is 2.76. The fourth-order valence-corrected chi connectivity index (χ4v) is 1.63. The smallest absolute Gasteiger partial charge is 0.140 e. The SMILES string of the molecule is O=CCn1ccc2cc(Br)cnc21. The van der Waals surface area contributed by atoms with E-state index in [0.717, 1.165) is 21.8 Å². The van der Waals surface area contributed by atoms with Crippen molar-refractivity contribution < 1.29 is 4.79 Å². The molecule has 0 N–H and O–H groups in total. The average Bonchev–Trinajstić information content (AvgIpc) is 2.49. The van der Waals surface area contributed by atoms with Crippen LogP contribution in [0.2, 0.25) is 0 Å². The van der Waals surface area contributed by atoms with Crippen molar-refractivity contribution in [1.82, 2.24) is 9.55 Å². The number of hydrogen-bond acceptors (Lipinski definition) is 2. The van der Waals surface area contributed by atoms with Gasteiger partial charge in [0.15, 0.2) is 0 Å². The summed E-state index contributed by atoms with van der Waals surface area (Å²) in [4.78, 5) is 14.5. The molecule has 0 radical (unpaired) electrons. The third kappa shape index (κ3) is 1.49. The van der Waals surface area contributed by atoms with Crippen LogP contribution in [-0.4, -0.2) is 15.8 Å². The fraction of sp³-hybridized carbons (Fsp3) is 0.111. The lowest BCUT2D eigenvalue weighted by atomic mass is 10.3. The van der Waals surface area contributed by atoms with Gasteiger partial charge in [-0.1, -0.05) is 0 Å². The number of rotatable bonds is 2. The first-order valence-electron chi connectivity index (χ1n) is 3.85. The van der Waals surface area contributed by atoms with Gasteiger partial charge in [0.05, 0.1) is 6.54 Å². The first-order valence-corrected chi connectivity index (χ1v) is 4.64. The number of pyridine rings is 1. The molecule has 0 spiro atoms. The van der Waals surface area contributed by atoms with Gasteiger partial charge in [0, 0.05) is 22.3 Å². The standard InChI is InChI=1S/C9H7BrN2O/c10-8-5-7-1-2-12(3-4-13)9(7)11-6-8/h1-2,4-6H,3H2. The maximum absolute atomic E-state index is 10.3. The number of hydrogen-bond donors (Lipinski definition) is 0. The van der Waals surface area contributed by atoms with E-state index in [4.69, 9.17) is 0 Å². The molecular formula is C9H7BrN2O. The summed E-state index contributed by atoms with van der Waals surface area (Å²) >= 11 is 3.34. The molecule has 2 aromatic rings. The maximum Gasteiger partial charge on any atom is 0.140 e. The van der Waals surface area contributed by atoms with Gasteiger partial charge in [-0.3, -0.25) is 0 Å². The Hall–Kier alpha value is -1.16. The predicted molar refractivity (Wildman–Crippen MR) is 53.5 cm³/mol. The van der Waals surface area contributed by atoms with Crippen LogP contribution in [0.25, 0.3) is 11.0 Å². The molecule has 13 heavy (non-hydrogen) atoms. The predicted octanol–water partition coefficient (Wildman–Crippen LogP) is 2.00. The number of carbonyl (C=O) groups excluding carboxylic acids is 1. The molecule has 0 unspecified atom stereocenters. The van der Waals surface area contributed by atoms with Gasteiger partial charge < -0.3 is 9.36 Å². The molecule has 2 rings (SSSR count). The summed E-state index contributed by atoms with van der Waals surface area (Å²) in [7, 11) is 0. The summed E-state index contributed by atoms with van der Waals surface area (Å²) in [5, 5.41) is 1.04. The summed E-state index contributed by atoms with van der Waals surface area (Å²) in [6.07, 6.45) is 4.45. The van der Waals surface area contributed by atoms with Gasteiger partial charge in [-0.05, 0) is 28.1 Å². The van der Waals surface area contributed by atoms with Crippen LogP contribution < -0.4 is 0 Å². The third-order valence-electron chi connectivity index (χ3n) is 1.84. The Kier molecular flexibility index (Phi) is 2.14. The first-order chi connectivity index (χ1) is 6.31. The molecule has 0 aliphatic heterocycles. The molecule has 0 saturated heterocycles. The average molecular weight is 239 g/mol. The zero-order chi connectivity index (χ0) is 9.26. The van der Waals surface area contributed by atoms with E-state index in [-0.39, 0.29) is 0 Å². The minimum atomic E-state index is 0.359. The topological polar surface area (TPSA) is 34.9 Å². The lowest BCUT2D eigenvalue weighted by Gasteiger charge is -1.97. The van der Waals surface area contributed by atoms with Crippen molar-refractivity contribution in [2.75, 3.05) is 0 Å². The highest BCUT2D eigenvalue weighted by Crippen LogP contribution is 2.17. The second kappa shape index (κ2) is 3.30. The Balaban J connectivity index is 2.61. The zero-order valence-corrected chi connectivity index (χ0v) is 8.36. The van der Waals surface area contributed by atoms with Crippen molar-refractivity contribution in [3.63, 3.8) is 0 Å². The van der Waals surface area contributed by atoms with Crippen molar-refractivity contribution >= 4 is 33.2 Å². The van der Waals surface area contributed by atoms with Crippen LogP contribution in [0.4, 0.5) is 0 Å². The van der Waals surface area contributed by atoms with Crippen molar-refractivity contribution in [3.05, 3.63) is 29.0 Å². The van der Waals surface area contributed by atoms with Crippen LogP contribution in [0.1, 0.15) is 0 Å². The lowest BCUT2D eigenvalue weighted by molar-refractivity contribution is -0.108. The molecule has 0 fully saturated rings. The molecule has 2 heterocycles. The highest BCUT2D eigenvalue weighted by Gasteiger charge is 2.01. The molecule has 3 nitrogen and oxygen atoms in total. The minimum absolute atomic E-state index is 0.359. The molecule has 0 atom stereocenters.